The molecule has 0 bridgehead atoms. The average Bonchev–Trinajstić information content (AvgIpc) is 2.94. The molecule has 0 saturated carbocycles. The Bertz CT molecular complexity index is 916. The Labute approximate surface area is 156 Å². The summed E-state index contributed by atoms with van der Waals surface area (Å²) in [6, 6.07) is 8.20. The van der Waals surface area contributed by atoms with E-state index in [4.69, 9.17) is 16.3 Å². The van der Waals surface area contributed by atoms with E-state index >= 15 is 0 Å². The molecular formula is C17H18ClN3O4S. The van der Waals surface area contributed by atoms with Crippen molar-refractivity contribution in [2.45, 2.75) is 12.5 Å². The van der Waals surface area contributed by atoms with E-state index in [0.717, 1.165) is 5.69 Å². The van der Waals surface area contributed by atoms with E-state index in [0.29, 0.717) is 28.6 Å². The monoisotopic (exact) mass is 395 g/mol. The van der Waals surface area contributed by atoms with Crippen LogP contribution in [0.4, 0.5) is 11.5 Å². The summed E-state index contributed by atoms with van der Waals surface area (Å²) >= 11 is 6.08. The molecule has 138 valence electrons. The lowest BCUT2D eigenvalue weighted by molar-refractivity contribution is 0.0941. The summed E-state index contributed by atoms with van der Waals surface area (Å²) in [5.74, 6) is 0.893. The fourth-order valence-electron chi connectivity index (χ4n) is 2.67. The molecule has 1 aromatic carbocycles. The molecule has 3 rings (SSSR count). The van der Waals surface area contributed by atoms with Crippen molar-refractivity contribution >= 4 is 38.9 Å². The zero-order valence-corrected chi connectivity index (χ0v) is 15.6. The van der Waals surface area contributed by atoms with Crippen LogP contribution < -0.4 is 15.4 Å². The zero-order chi connectivity index (χ0) is 18.7. The Kier molecular flexibility index (Phi) is 5.33. The fourth-order valence-corrected chi connectivity index (χ4v) is 4.60. The quantitative estimate of drug-likeness (QED) is 0.806. The minimum atomic E-state index is -3.03. The number of carbonyl (C=O) groups is 1. The summed E-state index contributed by atoms with van der Waals surface area (Å²) in [6.07, 6.45) is 1.88. The number of nitrogens with zero attached hydrogens (tertiary/aromatic N) is 1. The number of rotatable bonds is 5. The molecule has 0 spiro atoms. The van der Waals surface area contributed by atoms with Crippen molar-refractivity contribution in [2.75, 3.05) is 23.9 Å². The van der Waals surface area contributed by atoms with Crippen molar-refractivity contribution in [2.24, 2.45) is 0 Å². The molecule has 0 radical (unpaired) electrons. The SMILES string of the molecule is COc1ccc(Nc2ccc(C(=O)NC3CCS(=O)(=O)C3)cn2)cc1Cl. The Morgan fingerprint density at radius 2 is 2.12 bits per heavy atom. The number of amides is 1. The van der Waals surface area contributed by atoms with Crippen LogP contribution in [0.1, 0.15) is 16.8 Å². The van der Waals surface area contributed by atoms with Gasteiger partial charge in [0.15, 0.2) is 9.84 Å². The number of carbonyl (C=O) groups excluding carboxylic acids is 1. The van der Waals surface area contributed by atoms with Gasteiger partial charge in [-0.1, -0.05) is 11.6 Å². The molecule has 9 heteroatoms. The van der Waals surface area contributed by atoms with E-state index in [-0.39, 0.29) is 23.5 Å². The predicted molar refractivity (Wildman–Crippen MR) is 100 cm³/mol. The lowest BCUT2D eigenvalue weighted by Crippen LogP contribution is -2.35. The topological polar surface area (TPSA) is 97.4 Å². The summed E-state index contributed by atoms with van der Waals surface area (Å²) in [6.45, 7) is 0. The molecule has 0 aliphatic carbocycles. The third-order valence-corrected chi connectivity index (χ3v) is 6.08. The Hall–Kier alpha value is -2.32. The van der Waals surface area contributed by atoms with Crippen molar-refractivity contribution in [1.82, 2.24) is 10.3 Å². The van der Waals surface area contributed by atoms with Crippen molar-refractivity contribution in [3.05, 3.63) is 47.1 Å². The number of anilines is 2. The van der Waals surface area contributed by atoms with E-state index in [9.17, 15) is 13.2 Å². The molecule has 1 saturated heterocycles. The second-order valence-electron chi connectivity index (χ2n) is 5.98. The summed E-state index contributed by atoms with van der Waals surface area (Å²) in [5, 5.41) is 6.29. The number of aromatic nitrogens is 1. The first-order valence-electron chi connectivity index (χ1n) is 7.94. The van der Waals surface area contributed by atoms with Gasteiger partial charge in [-0.05, 0) is 36.8 Å². The van der Waals surface area contributed by atoms with Crippen LogP contribution in [-0.2, 0) is 9.84 Å². The molecule has 1 amide bonds. The molecule has 7 nitrogen and oxygen atoms in total. The highest BCUT2D eigenvalue weighted by Gasteiger charge is 2.29. The van der Waals surface area contributed by atoms with Crippen molar-refractivity contribution < 1.29 is 17.9 Å². The predicted octanol–water partition coefficient (Wildman–Crippen LogP) is 2.40. The summed E-state index contributed by atoms with van der Waals surface area (Å²) in [7, 11) is -1.49. The normalized spacial score (nSPS) is 18.3. The second kappa shape index (κ2) is 7.51. The maximum atomic E-state index is 12.2. The fraction of sp³-hybridized carbons (Fsp3) is 0.294. The smallest absolute Gasteiger partial charge is 0.253 e. The molecule has 1 aliphatic rings. The largest absolute Gasteiger partial charge is 0.495 e. The van der Waals surface area contributed by atoms with E-state index < -0.39 is 9.84 Å². The number of nitrogens with one attached hydrogen (secondary N) is 2. The zero-order valence-electron chi connectivity index (χ0n) is 14.0. The number of ether oxygens (including phenoxy) is 1. The van der Waals surface area contributed by atoms with Gasteiger partial charge in [-0.15, -0.1) is 0 Å². The highest BCUT2D eigenvalue weighted by atomic mass is 35.5. The van der Waals surface area contributed by atoms with Gasteiger partial charge in [-0.25, -0.2) is 13.4 Å². The van der Waals surface area contributed by atoms with Crippen LogP contribution in [0, 0.1) is 0 Å². The summed E-state index contributed by atoms with van der Waals surface area (Å²) in [4.78, 5) is 16.4. The van der Waals surface area contributed by atoms with Gasteiger partial charge in [-0.3, -0.25) is 4.79 Å². The summed E-state index contributed by atoms with van der Waals surface area (Å²) in [5.41, 5.74) is 1.10. The second-order valence-corrected chi connectivity index (χ2v) is 8.62. The number of hydrogen-bond acceptors (Lipinski definition) is 6. The average molecular weight is 396 g/mol. The number of methoxy groups -OCH3 is 1. The summed E-state index contributed by atoms with van der Waals surface area (Å²) < 4.78 is 28.0. The lowest BCUT2D eigenvalue weighted by Gasteiger charge is -2.11. The third-order valence-electron chi connectivity index (χ3n) is 4.02. The molecule has 1 atom stereocenters. The number of benzene rings is 1. The van der Waals surface area contributed by atoms with Crippen LogP contribution in [0.15, 0.2) is 36.5 Å². The van der Waals surface area contributed by atoms with Crippen LogP contribution >= 0.6 is 11.6 Å². The number of halogens is 1. The van der Waals surface area contributed by atoms with E-state index in [1.165, 1.54) is 6.20 Å². The third kappa shape index (κ3) is 4.44. The van der Waals surface area contributed by atoms with E-state index in [2.05, 4.69) is 15.6 Å². The maximum absolute atomic E-state index is 12.2. The van der Waals surface area contributed by atoms with E-state index in [1.807, 2.05) is 0 Å². The molecule has 2 aromatic rings. The number of sulfone groups is 1. The van der Waals surface area contributed by atoms with Crippen LogP contribution in [-0.4, -0.2) is 44.0 Å². The number of pyridine rings is 1. The van der Waals surface area contributed by atoms with Crippen LogP contribution in [0.25, 0.3) is 0 Å². The van der Waals surface area contributed by atoms with Crippen LogP contribution in [0.2, 0.25) is 5.02 Å². The first-order chi connectivity index (χ1) is 12.4. The Morgan fingerprint density at radius 3 is 2.69 bits per heavy atom. The van der Waals surface area contributed by atoms with Crippen molar-refractivity contribution in [3.63, 3.8) is 0 Å². The van der Waals surface area contributed by atoms with Gasteiger partial charge in [0.25, 0.3) is 5.91 Å². The first-order valence-corrected chi connectivity index (χ1v) is 10.1. The van der Waals surface area contributed by atoms with Gasteiger partial charge < -0.3 is 15.4 Å². The molecule has 1 unspecified atom stereocenters. The van der Waals surface area contributed by atoms with Gasteiger partial charge in [0.2, 0.25) is 0 Å². The molecule has 1 aromatic heterocycles. The van der Waals surface area contributed by atoms with Crippen LogP contribution in [0.5, 0.6) is 5.75 Å². The van der Waals surface area contributed by atoms with Gasteiger partial charge >= 0.3 is 0 Å². The van der Waals surface area contributed by atoms with Gasteiger partial charge in [0, 0.05) is 17.9 Å². The lowest BCUT2D eigenvalue weighted by atomic mass is 10.2. The highest BCUT2D eigenvalue weighted by Crippen LogP contribution is 2.28. The molecule has 1 aliphatic heterocycles. The van der Waals surface area contributed by atoms with Crippen molar-refractivity contribution in [1.29, 1.82) is 0 Å². The van der Waals surface area contributed by atoms with Gasteiger partial charge in [0.1, 0.15) is 11.6 Å². The molecule has 26 heavy (non-hydrogen) atoms. The van der Waals surface area contributed by atoms with Crippen LogP contribution in [0.3, 0.4) is 0 Å². The maximum Gasteiger partial charge on any atom is 0.253 e. The Morgan fingerprint density at radius 1 is 1.31 bits per heavy atom. The van der Waals surface area contributed by atoms with Gasteiger partial charge in [0.05, 0.1) is 29.2 Å². The minimum absolute atomic E-state index is 0.00988. The standard InChI is InChI=1S/C17H18ClN3O4S/c1-25-15-4-3-12(8-14(15)18)20-16-5-2-11(9-19-16)17(22)21-13-6-7-26(23,24)10-13/h2-5,8-9,13H,6-7,10H2,1H3,(H,19,20)(H,21,22). The number of hydrogen-bond donors (Lipinski definition) is 2. The molecular weight excluding hydrogens is 378 g/mol. The van der Waals surface area contributed by atoms with Crippen molar-refractivity contribution in [3.8, 4) is 5.75 Å². The first kappa shape index (κ1) is 18.5. The molecule has 2 heterocycles. The Balaban J connectivity index is 1.63. The highest BCUT2D eigenvalue weighted by molar-refractivity contribution is 7.91. The van der Waals surface area contributed by atoms with E-state index in [1.54, 1.807) is 37.4 Å². The minimum Gasteiger partial charge on any atom is -0.495 e. The molecule has 2 N–H and O–H groups in total. The van der Waals surface area contributed by atoms with Gasteiger partial charge in [-0.2, -0.15) is 0 Å². The molecule has 1 fully saturated rings.